The lowest BCUT2D eigenvalue weighted by molar-refractivity contribution is -0.118. The van der Waals surface area contributed by atoms with Gasteiger partial charge in [-0.3, -0.25) is 4.79 Å². The number of carbonyl (C=O) groups is 1. The van der Waals surface area contributed by atoms with Crippen LogP contribution in [0.5, 0.6) is 0 Å². The van der Waals surface area contributed by atoms with E-state index in [9.17, 15) is 9.18 Å². The van der Waals surface area contributed by atoms with Crippen molar-refractivity contribution in [2.24, 2.45) is 0 Å². The van der Waals surface area contributed by atoms with Crippen LogP contribution in [-0.4, -0.2) is 31.8 Å². The van der Waals surface area contributed by atoms with Crippen molar-refractivity contribution < 1.29 is 18.7 Å². The second-order valence-electron chi connectivity index (χ2n) is 4.38. The van der Waals surface area contributed by atoms with Gasteiger partial charge in [-0.05, 0) is 32.0 Å². The molecule has 1 amide bonds. The third-order valence-corrected chi connectivity index (χ3v) is 2.55. The molecular formula is C14H21FN2O3. The summed E-state index contributed by atoms with van der Waals surface area (Å²) in [5, 5.41) is 2.46. The first-order valence-corrected chi connectivity index (χ1v) is 6.57. The summed E-state index contributed by atoms with van der Waals surface area (Å²) in [6.07, 6.45) is 0.0666. The molecule has 0 radical (unpaired) electrons. The van der Waals surface area contributed by atoms with Gasteiger partial charge < -0.3 is 20.5 Å². The Balaban J connectivity index is 2.31. The van der Waals surface area contributed by atoms with E-state index in [4.69, 9.17) is 15.2 Å². The molecule has 1 atom stereocenters. The van der Waals surface area contributed by atoms with Crippen LogP contribution in [0.25, 0.3) is 0 Å². The van der Waals surface area contributed by atoms with Crippen molar-refractivity contribution in [3.63, 3.8) is 0 Å². The largest absolute Gasteiger partial charge is 0.399 e. The molecule has 0 saturated heterocycles. The Kier molecular flexibility index (Phi) is 6.97. The predicted molar refractivity (Wildman–Crippen MR) is 76.0 cm³/mol. The number of hydrogen-bond donors (Lipinski definition) is 2. The summed E-state index contributed by atoms with van der Waals surface area (Å²) in [6.45, 7) is 5.14. The van der Waals surface area contributed by atoms with E-state index in [2.05, 4.69) is 5.32 Å². The van der Waals surface area contributed by atoms with Crippen molar-refractivity contribution in [3.8, 4) is 0 Å². The molecule has 6 heteroatoms. The number of anilines is 2. The van der Waals surface area contributed by atoms with E-state index < -0.39 is 5.82 Å². The molecule has 20 heavy (non-hydrogen) atoms. The Hall–Kier alpha value is -1.66. The zero-order valence-electron chi connectivity index (χ0n) is 11.8. The summed E-state index contributed by atoms with van der Waals surface area (Å²) < 4.78 is 24.0. The van der Waals surface area contributed by atoms with Crippen molar-refractivity contribution in [3.05, 3.63) is 24.0 Å². The van der Waals surface area contributed by atoms with Crippen molar-refractivity contribution in [2.75, 3.05) is 30.9 Å². The Morgan fingerprint density at radius 3 is 2.95 bits per heavy atom. The van der Waals surface area contributed by atoms with Crippen LogP contribution in [0.3, 0.4) is 0 Å². The van der Waals surface area contributed by atoms with Gasteiger partial charge in [-0.15, -0.1) is 0 Å². The maximum Gasteiger partial charge on any atom is 0.226 e. The van der Waals surface area contributed by atoms with Crippen molar-refractivity contribution >= 4 is 17.3 Å². The molecule has 0 heterocycles. The molecule has 0 fully saturated rings. The molecule has 0 aromatic heterocycles. The molecule has 3 N–H and O–H groups in total. The summed E-state index contributed by atoms with van der Waals surface area (Å²) >= 11 is 0. The normalized spacial score (nSPS) is 12.2. The van der Waals surface area contributed by atoms with Gasteiger partial charge in [0.2, 0.25) is 5.91 Å². The lowest BCUT2D eigenvalue weighted by Gasteiger charge is -2.13. The Morgan fingerprint density at radius 2 is 2.25 bits per heavy atom. The van der Waals surface area contributed by atoms with Gasteiger partial charge in [-0.1, -0.05) is 0 Å². The summed E-state index contributed by atoms with van der Waals surface area (Å²) in [7, 11) is 0. The number of hydrogen-bond acceptors (Lipinski definition) is 4. The first-order chi connectivity index (χ1) is 9.52. The lowest BCUT2D eigenvalue weighted by Crippen LogP contribution is -2.20. The summed E-state index contributed by atoms with van der Waals surface area (Å²) in [6, 6.07) is 4.03. The molecule has 5 nitrogen and oxygen atoms in total. The minimum Gasteiger partial charge on any atom is -0.399 e. The summed E-state index contributed by atoms with van der Waals surface area (Å²) in [5.41, 5.74) is 6.01. The quantitative estimate of drug-likeness (QED) is 0.718. The van der Waals surface area contributed by atoms with Crippen LogP contribution >= 0.6 is 0 Å². The van der Waals surface area contributed by atoms with Crippen LogP contribution in [0, 0.1) is 5.82 Å². The third-order valence-electron chi connectivity index (χ3n) is 2.55. The highest BCUT2D eigenvalue weighted by Gasteiger charge is 2.08. The number of nitrogen functional groups attached to an aromatic ring is 1. The molecular weight excluding hydrogens is 263 g/mol. The van der Waals surface area contributed by atoms with Gasteiger partial charge in [0.05, 0.1) is 31.4 Å². The second kappa shape index (κ2) is 8.50. The lowest BCUT2D eigenvalue weighted by atomic mass is 10.2. The van der Waals surface area contributed by atoms with Gasteiger partial charge in [0.15, 0.2) is 0 Å². The molecule has 0 bridgehead atoms. The van der Waals surface area contributed by atoms with Gasteiger partial charge in [0.1, 0.15) is 5.82 Å². The molecule has 0 aliphatic heterocycles. The number of nitrogens with one attached hydrogen (secondary N) is 1. The smallest absolute Gasteiger partial charge is 0.226 e. The van der Waals surface area contributed by atoms with Crippen molar-refractivity contribution in [1.29, 1.82) is 0 Å². The van der Waals surface area contributed by atoms with Crippen LogP contribution in [0.4, 0.5) is 15.8 Å². The van der Waals surface area contributed by atoms with E-state index in [1.807, 2.05) is 13.8 Å². The topological polar surface area (TPSA) is 73.6 Å². The van der Waals surface area contributed by atoms with Crippen LogP contribution in [-0.2, 0) is 14.3 Å². The van der Waals surface area contributed by atoms with Gasteiger partial charge in [-0.25, -0.2) is 4.39 Å². The Labute approximate surface area is 118 Å². The van der Waals surface area contributed by atoms with Gasteiger partial charge >= 0.3 is 0 Å². The third kappa shape index (κ3) is 5.99. The molecule has 0 saturated carbocycles. The number of halogens is 1. The maximum atomic E-state index is 13.4. The number of nitrogens with two attached hydrogens (primary N) is 1. The van der Waals surface area contributed by atoms with Gasteiger partial charge in [-0.2, -0.15) is 0 Å². The molecule has 1 aromatic carbocycles. The Morgan fingerprint density at radius 1 is 1.50 bits per heavy atom. The molecule has 0 aliphatic carbocycles. The van der Waals surface area contributed by atoms with E-state index in [0.717, 1.165) is 0 Å². The SMILES string of the molecule is CCOCC(C)OCCC(=O)Nc1cc(N)ccc1F. The average molecular weight is 284 g/mol. The van der Waals surface area contributed by atoms with Crippen LogP contribution in [0.15, 0.2) is 18.2 Å². The van der Waals surface area contributed by atoms with E-state index in [-0.39, 0.29) is 30.7 Å². The standard InChI is InChI=1S/C14H21FN2O3/c1-3-19-9-10(2)20-7-6-14(18)17-13-8-11(16)4-5-12(13)15/h4-5,8,10H,3,6-7,9,16H2,1-2H3,(H,17,18). The minimum atomic E-state index is -0.516. The number of benzene rings is 1. The molecule has 0 aliphatic rings. The molecule has 1 rings (SSSR count). The fourth-order valence-corrected chi connectivity index (χ4v) is 1.54. The highest BCUT2D eigenvalue weighted by molar-refractivity contribution is 5.91. The van der Waals surface area contributed by atoms with Crippen LogP contribution < -0.4 is 11.1 Å². The molecule has 0 spiro atoms. The predicted octanol–water partition coefficient (Wildman–Crippen LogP) is 2.18. The zero-order valence-corrected chi connectivity index (χ0v) is 11.8. The van der Waals surface area contributed by atoms with E-state index in [1.165, 1.54) is 18.2 Å². The first-order valence-electron chi connectivity index (χ1n) is 6.57. The summed E-state index contributed by atoms with van der Waals surface area (Å²) in [4.78, 5) is 11.6. The zero-order chi connectivity index (χ0) is 15.0. The van der Waals surface area contributed by atoms with E-state index >= 15 is 0 Å². The summed E-state index contributed by atoms with van der Waals surface area (Å²) in [5.74, 6) is -0.837. The molecule has 1 unspecified atom stereocenters. The fraction of sp³-hybridized carbons (Fsp3) is 0.500. The number of amides is 1. The minimum absolute atomic E-state index is 0.0770. The highest BCUT2D eigenvalue weighted by Crippen LogP contribution is 2.17. The van der Waals surface area contributed by atoms with E-state index in [0.29, 0.717) is 18.9 Å². The second-order valence-corrected chi connectivity index (χ2v) is 4.38. The number of carbonyl (C=O) groups excluding carboxylic acids is 1. The highest BCUT2D eigenvalue weighted by atomic mass is 19.1. The fourth-order valence-electron chi connectivity index (χ4n) is 1.54. The van der Waals surface area contributed by atoms with Gasteiger partial charge in [0.25, 0.3) is 0 Å². The number of ether oxygens (including phenoxy) is 2. The van der Waals surface area contributed by atoms with E-state index in [1.54, 1.807) is 0 Å². The molecule has 112 valence electrons. The monoisotopic (exact) mass is 284 g/mol. The van der Waals surface area contributed by atoms with Crippen LogP contribution in [0.2, 0.25) is 0 Å². The number of rotatable bonds is 8. The average Bonchev–Trinajstić information content (AvgIpc) is 2.40. The van der Waals surface area contributed by atoms with Gasteiger partial charge in [0, 0.05) is 12.3 Å². The maximum absolute atomic E-state index is 13.4. The van der Waals surface area contributed by atoms with Crippen molar-refractivity contribution in [1.82, 2.24) is 0 Å². The first kappa shape index (κ1) is 16.4. The van der Waals surface area contributed by atoms with Crippen molar-refractivity contribution in [2.45, 2.75) is 26.4 Å². The van der Waals surface area contributed by atoms with Crippen LogP contribution in [0.1, 0.15) is 20.3 Å². The Bertz CT molecular complexity index is 440. The molecule has 1 aromatic rings.